The van der Waals surface area contributed by atoms with Crippen molar-refractivity contribution in [3.63, 3.8) is 0 Å². The fourth-order valence-electron chi connectivity index (χ4n) is 3.68. The molecule has 0 aliphatic rings. The zero-order chi connectivity index (χ0) is 24.1. The third-order valence-corrected chi connectivity index (χ3v) is 5.74. The van der Waals surface area contributed by atoms with Crippen molar-refractivity contribution in [2.45, 2.75) is 12.5 Å². The molecule has 1 heterocycles. The number of amides is 1. The van der Waals surface area contributed by atoms with E-state index in [0.29, 0.717) is 23.3 Å². The van der Waals surface area contributed by atoms with Crippen molar-refractivity contribution in [2.24, 2.45) is 0 Å². The van der Waals surface area contributed by atoms with E-state index in [1.807, 2.05) is 24.3 Å². The fourth-order valence-corrected chi connectivity index (χ4v) is 3.89. The van der Waals surface area contributed by atoms with E-state index in [1.54, 1.807) is 37.6 Å². The van der Waals surface area contributed by atoms with E-state index in [-0.39, 0.29) is 23.0 Å². The summed E-state index contributed by atoms with van der Waals surface area (Å²) in [7, 11) is 1.58. The number of aliphatic hydroxyl groups excluding tert-OH is 1. The summed E-state index contributed by atoms with van der Waals surface area (Å²) in [5.41, 5.74) is 3.11. The van der Waals surface area contributed by atoms with E-state index in [0.717, 1.165) is 16.5 Å². The Bertz CT molecular complexity index is 1400. The Balaban J connectivity index is 1.52. The van der Waals surface area contributed by atoms with E-state index in [1.165, 1.54) is 12.1 Å². The Hall–Kier alpha value is -3.79. The molecule has 0 saturated heterocycles. The third kappa shape index (κ3) is 5.23. The summed E-state index contributed by atoms with van der Waals surface area (Å²) < 4.78 is 18.8. The number of aliphatic hydroxyl groups is 1. The molecule has 1 aromatic heterocycles. The van der Waals surface area contributed by atoms with Gasteiger partial charge < -0.3 is 20.1 Å². The van der Waals surface area contributed by atoms with Crippen LogP contribution >= 0.6 is 11.6 Å². The topological polar surface area (TPSA) is 74.3 Å². The van der Waals surface area contributed by atoms with Crippen molar-refractivity contribution in [1.29, 1.82) is 0 Å². The van der Waals surface area contributed by atoms with Crippen molar-refractivity contribution >= 4 is 28.4 Å². The largest absolute Gasteiger partial charge is 0.495 e. The van der Waals surface area contributed by atoms with Crippen LogP contribution in [0.25, 0.3) is 10.9 Å². The quantitative estimate of drug-likeness (QED) is 0.353. The van der Waals surface area contributed by atoms with Gasteiger partial charge in [0.2, 0.25) is 0 Å². The fraction of sp³-hybridized carbons (Fsp3) is 0.148. The van der Waals surface area contributed by atoms with Crippen LogP contribution in [0.2, 0.25) is 5.02 Å². The van der Waals surface area contributed by atoms with Crippen LogP contribution in [-0.2, 0) is 6.42 Å². The Morgan fingerprint density at radius 1 is 1.18 bits per heavy atom. The monoisotopic (exact) mass is 476 g/mol. The maximum atomic E-state index is 13.4. The molecule has 34 heavy (non-hydrogen) atoms. The molecule has 4 rings (SSSR count). The molecule has 0 aliphatic carbocycles. The van der Waals surface area contributed by atoms with Crippen LogP contribution in [-0.4, -0.2) is 35.8 Å². The molecule has 3 aromatic carbocycles. The molecule has 7 heteroatoms. The highest BCUT2D eigenvalue weighted by Gasteiger charge is 2.18. The van der Waals surface area contributed by atoms with Crippen LogP contribution in [0.1, 0.15) is 27.0 Å². The molecule has 0 saturated carbocycles. The van der Waals surface area contributed by atoms with Gasteiger partial charge in [-0.3, -0.25) is 4.79 Å². The molecule has 0 spiro atoms. The predicted octanol–water partition coefficient (Wildman–Crippen LogP) is 4.70. The van der Waals surface area contributed by atoms with Crippen LogP contribution in [0.4, 0.5) is 4.39 Å². The Morgan fingerprint density at radius 2 is 2.00 bits per heavy atom. The van der Waals surface area contributed by atoms with E-state index >= 15 is 0 Å². The summed E-state index contributed by atoms with van der Waals surface area (Å²) in [5, 5.41) is 13.8. The molecule has 1 amide bonds. The van der Waals surface area contributed by atoms with Crippen molar-refractivity contribution in [3.05, 3.63) is 100.0 Å². The standard InChI is InChI=1S/C27H22ClFN2O3/c1-34-26-5-3-2-4-18(26)8-6-17-7-11-24(28)23(12-17)27(33)31-21(16-32)13-19-15-30-25-14-20(29)9-10-22(19)25/h2-5,7,9-12,14-15,21,30,32H,13,16H2,1H3,(H,31,33)/t21-/m1/s1. The lowest BCUT2D eigenvalue weighted by atomic mass is 10.0. The molecule has 1 atom stereocenters. The maximum Gasteiger partial charge on any atom is 0.253 e. The lowest BCUT2D eigenvalue weighted by Gasteiger charge is -2.17. The highest BCUT2D eigenvalue weighted by atomic mass is 35.5. The highest BCUT2D eigenvalue weighted by molar-refractivity contribution is 6.33. The average Bonchev–Trinajstić information content (AvgIpc) is 3.24. The smallest absolute Gasteiger partial charge is 0.253 e. The number of rotatable bonds is 6. The van der Waals surface area contributed by atoms with Gasteiger partial charge in [-0.1, -0.05) is 35.6 Å². The normalized spacial score (nSPS) is 11.5. The number of H-pyrrole nitrogens is 1. The zero-order valence-electron chi connectivity index (χ0n) is 18.4. The van der Waals surface area contributed by atoms with Crippen molar-refractivity contribution < 1.29 is 19.0 Å². The Morgan fingerprint density at radius 3 is 2.79 bits per heavy atom. The number of benzene rings is 3. The molecule has 4 aromatic rings. The number of carbonyl (C=O) groups is 1. The molecule has 0 bridgehead atoms. The molecule has 0 unspecified atom stereocenters. The lowest BCUT2D eigenvalue weighted by Crippen LogP contribution is -2.39. The molecule has 0 radical (unpaired) electrons. The molecule has 0 fully saturated rings. The first-order valence-electron chi connectivity index (χ1n) is 10.6. The van der Waals surface area contributed by atoms with Gasteiger partial charge in [0.15, 0.2) is 0 Å². The van der Waals surface area contributed by atoms with Crippen LogP contribution in [0.15, 0.2) is 66.9 Å². The van der Waals surface area contributed by atoms with E-state index < -0.39 is 11.9 Å². The number of aromatic nitrogens is 1. The number of carbonyl (C=O) groups excluding carboxylic acids is 1. The van der Waals surface area contributed by atoms with Gasteiger partial charge in [-0.2, -0.15) is 0 Å². The molecule has 3 N–H and O–H groups in total. The summed E-state index contributed by atoms with van der Waals surface area (Å²) in [4.78, 5) is 16.0. The van der Waals surface area contributed by atoms with E-state index in [4.69, 9.17) is 16.3 Å². The second-order valence-corrected chi connectivity index (χ2v) is 8.11. The first-order chi connectivity index (χ1) is 16.5. The lowest BCUT2D eigenvalue weighted by molar-refractivity contribution is 0.0916. The SMILES string of the molecule is COc1ccccc1C#Cc1ccc(Cl)c(C(=O)N[C@@H](CO)Cc2c[nH]c3cc(F)ccc23)c1. The number of aromatic amines is 1. The van der Waals surface area contributed by atoms with Crippen LogP contribution in [0, 0.1) is 17.7 Å². The second kappa shape index (κ2) is 10.4. The van der Waals surface area contributed by atoms with Crippen molar-refractivity contribution in [3.8, 4) is 17.6 Å². The number of hydrogen-bond acceptors (Lipinski definition) is 3. The third-order valence-electron chi connectivity index (χ3n) is 5.41. The maximum absolute atomic E-state index is 13.4. The first-order valence-corrected chi connectivity index (χ1v) is 11.0. The number of fused-ring (bicyclic) bond motifs is 1. The van der Waals surface area contributed by atoms with Gasteiger partial charge in [0.1, 0.15) is 11.6 Å². The van der Waals surface area contributed by atoms with Crippen molar-refractivity contribution in [2.75, 3.05) is 13.7 Å². The van der Waals surface area contributed by atoms with Gasteiger partial charge in [0.25, 0.3) is 5.91 Å². The van der Waals surface area contributed by atoms with Gasteiger partial charge in [-0.15, -0.1) is 0 Å². The molecular weight excluding hydrogens is 455 g/mol. The number of para-hydroxylation sites is 1. The van der Waals surface area contributed by atoms with Gasteiger partial charge in [-0.05, 0) is 60.5 Å². The Kier molecular flexibility index (Phi) is 7.17. The Labute approximate surface area is 201 Å². The molecule has 0 aliphatic heterocycles. The summed E-state index contributed by atoms with van der Waals surface area (Å²) in [5.74, 6) is 5.99. The number of hydrogen-bond donors (Lipinski definition) is 3. The van der Waals surface area contributed by atoms with Gasteiger partial charge >= 0.3 is 0 Å². The minimum Gasteiger partial charge on any atom is -0.495 e. The number of ether oxygens (including phenoxy) is 1. The first kappa shape index (κ1) is 23.4. The van der Waals surface area contributed by atoms with Crippen LogP contribution in [0.3, 0.4) is 0 Å². The summed E-state index contributed by atoms with van der Waals surface area (Å²) in [6.45, 7) is -0.273. The second-order valence-electron chi connectivity index (χ2n) is 7.71. The van der Waals surface area contributed by atoms with Gasteiger partial charge in [-0.25, -0.2) is 4.39 Å². The summed E-state index contributed by atoms with van der Waals surface area (Å²) >= 11 is 6.29. The molecule has 172 valence electrons. The summed E-state index contributed by atoms with van der Waals surface area (Å²) in [6, 6.07) is 16.3. The number of nitrogens with one attached hydrogen (secondary N) is 2. The number of methoxy groups -OCH3 is 1. The summed E-state index contributed by atoms with van der Waals surface area (Å²) in [6.07, 6.45) is 2.11. The van der Waals surface area contributed by atoms with Gasteiger partial charge in [0, 0.05) is 22.7 Å². The zero-order valence-corrected chi connectivity index (χ0v) is 19.1. The highest BCUT2D eigenvalue weighted by Crippen LogP contribution is 2.22. The van der Waals surface area contributed by atoms with Gasteiger partial charge in [0.05, 0.1) is 35.9 Å². The average molecular weight is 477 g/mol. The molecular formula is C27H22ClFN2O3. The molecule has 5 nitrogen and oxygen atoms in total. The van der Waals surface area contributed by atoms with Crippen LogP contribution in [0.5, 0.6) is 5.75 Å². The minimum absolute atomic E-state index is 0.257. The minimum atomic E-state index is -0.559. The van der Waals surface area contributed by atoms with E-state index in [2.05, 4.69) is 22.1 Å². The van der Waals surface area contributed by atoms with Crippen molar-refractivity contribution in [1.82, 2.24) is 10.3 Å². The predicted molar refractivity (Wildman–Crippen MR) is 131 cm³/mol. The number of halogens is 2. The van der Waals surface area contributed by atoms with E-state index in [9.17, 15) is 14.3 Å². The van der Waals surface area contributed by atoms with Crippen LogP contribution < -0.4 is 10.1 Å².